The number of hydrogen-bond acceptors (Lipinski definition) is 2. The van der Waals surface area contributed by atoms with Crippen molar-refractivity contribution in [1.82, 2.24) is 9.47 Å². The summed E-state index contributed by atoms with van der Waals surface area (Å²) < 4.78 is 2.19. The third kappa shape index (κ3) is 3.02. The minimum absolute atomic E-state index is 0.269. The second-order valence-corrected chi connectivity index (χ2v) is 9.34. The number of amides is 2. The molecule has 176 valence electrons. The zero-order valence-electron chi connectivity index (χ0n) is 20.2. The Kier molecular flexibility index (Phi) is 4.63. The molecule has 0 radical (unpaired) electrons. The van der Waals surface area contributed by atoms with Gasteiger partial charge in [-0.3, -0.25) is 14.5 Å². The van der Waals surface area contributed by atoms with Crippen molar-refractivity contribution in [2.45, 2.75) is 0 Å². The van der Waals surface area contributed by atoms with Gasteiger partial charge >= 0.3 is 0 Å². The molecule has 0 N–H and O–H groups in total. The van der Waals surface area contributed by atoms with Gasteiger partial charge in [0.25, 0.3) is 11.8 Å². The van der Waals surface area contributed by atoms with Crippen LogP contribution in [0.4, 0.5) is 0 Å². The number of carbonyl (C=O) groups excluding carboxylic acids is 2. The molecule has 37 heavy (non-hydrogen) atoms. The number of fused-ring (bicyclic) bond motifs is 4. The lowest BCUT2D eigenvalue weighted by molar-refractivity contribution is 0.0693. The first-order valence-electron chi connectivity index (χ1n) is 12.3. The highest BCUT2D eigenvalue weighted by molar-refractivity contribution is 6.24. The second kappa shape index (κ2) is 8.04. The van der Waals surface area contributed by atoms with Gasteiger partial charge in [-0.25, -0.2) is 0 Å². The molecule has 4 heteroatoms. The number of carbonyl (C=O) groups is 2. The number of para-hydroxylation sites is 2. The van der Waals surface area contributed by atoms with Crippen molar-refractivity contribution < 1.29 is 9.59 Å². The van der Waals surface area contributed by atoms with Gasteiger partial charge in [0.15, 0.2) is 0 Å². The molecule has 0 atom stereocenters. The van der Waals surface area contributed by atoms with E-state index in [1.165, 1.54) is 4.90 Å². The van der Waals surface area contributed by atoms with E-state index < -0.39 is 0 Å². The Morgan fingerprint density at radius 1 is 0.486 bits per heavy atom. The Morgan fingerprint density at radius 2 is 0.973 bits per heavy atom. The highest BCUT2D eigenvalue weighted by Crippen LogP contribution is 2.43. The zero-order chi connectivity index (χ0) is 25.1. The lowest BCUT2D eigenvalue weighted by atomic mass is 10.0. The smallest absolute Gasteiger partial charge is 0.263 e. The van der Waals surface area contributed by atoms with Crippen LogP contribution in [0.3, 0.4) is 0 Å². The number of nitrogens with zero attached hydrogens (tertiary/aromatic N) is 2. The summed E-state index contributed by atoms with van der Waals surface area (Å²) in [6.07, 6.45) is 0. The van der Waals surface area contributed by atoms with Crippen LogP contribution in [0.15, 0.2) is 115 Å². The Labute approximate surface area is 214 Å². The van der Waals surface area contributed by atoms with Crippen molar-refractivity contribution in [1.29, 1.82) is 0 Å². The van der Waals surface area contributed by atoms with Crippen molar-refractivity contribution in [3.63, 3.8) is 0 Å². The maximum absolute atomic E-state index is 13.4. The van der Waals surface area contributed by atoms with Gasteiger partial charge in [-0.1, -0.05) is 103 Å². The molecule has 1 aromatic heterocycles. The third-order valence-electron chi connectivity index (χ3n) is 7.32. The molecule has 0 bridgehead atoms. The summed E-state index contributed by atoms with van der Waals surface area (Å²) in [5.74, 6) is -0.547. The summed E-state index contributed by atoms with van der Waals surface area (Å²) in [6, 6.07) is 38.8. The molecule has 7 rings (SSSR count). The maximum atomic E-state index is 13.4. The van der Waals surface area contributed by atoms with Gasteiger partial charge in [0.05, 0.1) is 27.8 Å². The van der Waals surface area contributed by atoms with Crippen LogP contribution in [0.1, 0.15) is 20.7 Å². The summed E-state index contributed by atoms with van der Waals surface area (Å²) in [5, 5.41) is 2.19. The minimum atomic E-state index is -0.278. The van der Waals surface area contributed by atoms with Gasteiger partial charge in [-0.2, -0.15) is 0 Å². The molecule has 0 saturated carbocycles. The quantitative estimate of drug-likeness (QED) is 0.250. The van der Waals surface area contributed by atoms with Crippen molar-refractivity contribution in [3.8, 4) is 27.9 Å². The molecule has 0 saturated heterocycles. The van der Waals surface area contributed by atoms with E-state index in [4.69, 9.17) is 0 Å². The molecule has 1 aliphatic heterocycles. The van der Waals surface area contributed by atoms with Gasteiger partial charge in [0.1, 0.15) is 0 Å². The van der Waals surface area contributed by atoms with Gasteiger partial charge in [-0.05, 0) is 23.3 Å². The molecular formula is C33H22N2O2. The molecule has 0 unspecified atom stereocenters. The monoisotopic (exact) mass is 478 g/mol. The number of rotatable bonds is 3. The number of imide groups is 1. The predicted octanol–water partition coefficient (Wildman–Crippen LogP) is 7.34. The average molecular weight is 479 g/mol. The maximum Gasteiger partial charge on any atom is 0.263 e. The summed E-state index contributed by atoms with van der Waals surface area (Å²) in [4.78, 5) is 27.5. The highest BCUT2D eigenvalue weighted by Gasteiger charge is 2.36. The number of benzene rings is 5. The zero-order valence-corrected chi connectivity index (χ0v) is 20.2. The molecule has 0 spiro atoms. The molecule has 5 aromatic carbocycles. The van der Waals surface area contributed by atoms with Crippen LogP contribution >= 0.6 is 0 Å². The number of hydrogen-bond donors (Lipinski definition) is 0. The highest BCUT2D eigenvalue weighted by atomic mass is 16.2. The van der Waals surface area contributed by atoms with Crippen LogP contribution in [0.25, 0.3) is 49.7 Å². The van der Waals surface area contributed by atoms with E-state index in [1.54, 1.807) is 13.1 Å². The first-order chi connectivity index (χ1) is 18.1. The van der Waals surface area contributed by atoms with Gasteiger partial charge in [0, 0.05) is 28.9 Å². The first-order valence-corrected chi connectivity index (χ1v) is 12.3. The lowest BCUT2D eigenvalue weighted by Crippen LogP contribution is -2.24. The van der Waals surface area contributed by atoms with Crippen LogP contribution in [0.5, 0.6) is 0 Å². The number of aromatic nitrogens is 1. The van der Waals surface area contributed by atoms with Crippen LogP contribution in [0.2, 0.25) is 0 Å². The predicted molar refractivity (Wildman–Crippen MR) is 148 cm³/mol. The standard InChI is InChI=1S/C33H22N2O2/c1-34-32(36)27-19-10-20-28(29(27)33(34)37)35-30-23(21-11-4-2-5-12-21)15-8-17-25(30)26-18-9-16-24(31(26)35)22-13-6-3-7-14-22/h2-20H,1H3. The third-order valence-corrected chi connectivity index (χ3v) is 7.32. The van der Waals surface area contributed by atoms with Crippen LogP contribution < -0.4 is 0 Å². The fourth-order valence-corrected chi connectivity index (χ4v) is 5.63. The molecule has 2 heterocycles. The summed E-state index contributed by atoms with van der Waals surface area (Å²) in [6.45, 7) is 0. The largest absolute Gasteiger partial charge is 0.307 e. The second-order valence-electron chi connectivity index (χ2n) is 9.34. The molecular weight excluding hydrogens is 456 g/mol. The van der Waals surface area contributed by atoms with E-state index in [9.17, 15) is 9.59 Å². The van der Waals surface area contributed by atoms with E-state index in [0.717, 1.165) is 44.1 Å². The topological polar surface area (TPSA) is 42.3 Å². The van der Waals surface area contributed by atoms with E-state index in [-0.39, 0.29) is 11.8 Å². The molecule has 4 nitrogen and oxygen atoms in total. The Balaban J connectivity index is 1.71. The van der Waals surface area contributed by atoms with E-state index in [1.807, 2.05) is 48.5 Å². The Hall–Kier alpha value is -4.96. The van der Waals surface area contributed by atoms with Crippen molar-refractivity contribution >= 4 is 33.6 Å². The van der Waals surface area contributed by atoms with Gasteiger partial charge < -0.3 is 4.57 Å². The molecule has 6 aromatic rings. The van der Waals surface area contributed by atoms with Crippen LogP contribution in [-0.2, 0) is 0 Å². The van der Waals surface area contributed by atoms with Gasteiger partial charge in [-0.15, -0.1) is 0 Å². The van der Waals surface area contributed by atoms with Crippen molar-refractivity contribution in [2.24, 2.45) is 0 Å². The first kappa shape index (κ1) is 21.3. The van der Waals surface area contributed by atoms with E-state index in [2.05, 4.69) is 65.2 Å². The van der Waals surface area contributed by atoms with Crippen molar-refractivity contribution in [3.05, 3.63) is 126 Å². The lowest BCUT2D eigenvalue weighted by Gasteiger charge is -2.16. The molecule has 0 fully saturated rings. The van der Waals surface area contributed by atoms with E-state index >= 15 is 0 Å². The summed E-state index contributed by atoms with van der Waals surface area (Å²) in [5.41, 5.74) is 7.93. The van der Waals surface area contributed by atoms with E-state index in [0.29, 0.717) is 16.8 Å². The normalized spacial score (nSPS) is 13.1. The molecule has 1 aliphatic rings. The summed E-state index contributed by atoms with van der Waals surface area (Å²) >= 11 is 0. The van der Waals surface area contributed by atoms with Crippen molar-refractivity contribution in [2.75, 3.05) is 7.05 Å². The Bertz CT molecular complexity index is 1770. The fraction of sp³-hybridized carbons (Fsp3) is 0.0303. The van der Waals surface area contributed by atoms with Gasteiger partial charge in [0.2, 0.25) is 0 Å². The molecule has 0 aliphatic carbocycles. The van der Waals surface area contributed by atoms with Crippen LogP contribution in [-0.4, -0.2) is 28.3 Å². The average Bonchev–Trinajstić information content (AvgIpc) is 3.41. The Morgan fingerprint density at radius 3 is 1.51 bits per heavy atom. The van der Waals surface area contributed by atoms with Crippen LogP contribution in [0, 0.1) is 0 Å². The SMILES string of the molecule is CN1C(=O)c2cccc(-n3c4c(-c5ccccc5)cccc4c4cccc(-c5ccccc5)c43)c2C1=O. The summed E-state index contributed by atoms with van der Waals surface area (Å²) in [7, 11) is 1.55. The fourth-order valence-electron chi connectivity index (χ4n) is 5.63. The minimum Gasteiger partial charge on any atom is -0.307 e. The molecule has 2 amide bonds.